The molecule has 0 saturated heterocycles. The van der Waals surface area contributed by atoms with E-state index in [1.54, 1.807) is 12.3 Å². The van der Waals surface area contributed by atoms with Crippen molar-refractivity contribution >= 4 is 10.9 Å². The number of aromatic nitrogens is 2. The molecule has 0 unspecified atom stereocenters. The molecule has 1 aromatic heterocycles. The molecule has 3 rings (SSSR count). The van der Waals surface area contributed by atoms with Crippen LogP contribution in [-0.2, 0) is 12.8 Å². The van der Waals surface area contributed by atoms with Crippen LogP contribution in [0.15, 0.2) is 12.3 Å². The van der Waals surface area contributed by atoms with Gasteiger partial charge in [0, 0.05) is 11.6 Å². The van der Waals surface area contributed by atoms with Crippen LogP contribution < -0.4 is 0 Å². The van der Waals surface area contributed by atoms with E-state index in [-0.39, 0.29) is 0 Å². The molecule has 0 saturated carbocycles. The SMILES string of the molecule is Cc1ncc2cc(O)c3c(c2n1)CCC3. The van der Waals surface area contributed by atoms with Gasteiger partial charge in [-0.1, -0.05) is 0 Å². The van der Waals surface area contributed by atoms with Gasteiger partial charge in [0.15, 0.2) is 0 Å². The Morgan fingerprint density at radius 2 is 2.07 bits per heavy atom. The van der Waals surface area contributed by atoms with Gasteiger partial charge in [-0.25, -0.2) is 9.97 Å². The third kappa shape index (κ3) is 1.19. The molecule has 0 aliphatic heterocycles. The molecular weight excluding hydrogens is 188 g/mol. The van der Waals surface area contributed by atoms with E-state index >= 15 is 0 Å². The summed E-state index contributed by atoms with van der Waals surface area (Å²) in [5.74, 6) is 1.20. The van der Waals surface area contributed by atoms with E-state index in [9.17, 15) is 5.11 Å². The summed E-state index contributed by atoms with van der Waals surface area (Å²) < 4.78 is 0. The lowest BCUT2D eigenvalue weighted by Crippen LogP contribution is -1.93. The minimum absolute atomic E-state index is 0.405. The fourth-order valence-corrected chi connectivity index (χ4v) is 2.35. The number of rotatable bonds is 0. The zero-order chi connectivity index (χ0) is 10.4. The van der Waals surface area contributed by atoms with E-state index in [0.717, 1.165) is 41.6 Å². The summed E-state index contributed by atoms with van der Waals surface area (Å²) in [5.41, 5.74) is 3.32. The molecule has 0 spiro atoms. The molecule has 1 heterocycles. The second-order valence-electron chi connectivity index (χ2n) is 4.06. The number of aryl methyl sites for hydroxylation is 2. The second kappa shape index (κ2) is 2.92. The van der Waals surface area contributed by atoms with Crippen molar-refractivity contribution in [2.24, 2.45) is 0 Å². The maximum Gasteiger partial charge on any atom is 0.125 e. The molecule has 0 amide bonds. The molecule has 3 heteroatoms. The normalized spacial score (nSPS) is 14.5. The van der Waals surface area contributed by atoms with Crippen LogP contribution in [0.4, 0.5) is 0 Å². The van der Waals surface area contributed by atoms with E-state index in [1.165, 1.54) is 5.56 Å². The van der Waals surface area contributed by atoms with Crippen molar-refractivity contribution in [1.82, 2.24) is 9.97 Å². The Labute approximate surface area is 87.8 Å². The van der Waals surface area contributed by atoms with Crippen LogP contribution in [0.1, 0.15) is 23.4 Å². The summed E-state index contributed by atoms with van der Waals surface area (Å²) in [5, 5.41) is 10.8. The molecule has 1 aliphatic rings. The molecule has 1 aromatic carbocycles. The number of phenolic OH excluding ortho intramolecular Hbond substituents is 1. The number of aromatic hydroxyl groups is 1. The predicted molar refractivity (Wildman–Crippen MR) is 58.0 cm³/mol. The largest absolute Gasteiger partial charge is 0.508 e. The van der Waals surface area contributed by atoms with Gasteiger partial charge in [0.05, 0.1) is 5.52 Å². The summed E-state index contributed by atoms with van der Waals surface area (Å²) >= 11 is 0. The summed E-state index contributed by atoms with van der Waals surface area (Å²) in [7, 11) is 0. The number of phenols is 1. The van der Waals surface area contributed by atoms with Crippen molar-refractivity contribution in [3.8, 4) is 5.75 Å². The van der Waals surface area contributed by atoms with Gasteiger partial charge >= 0.3 is 0 Å². The van der Waals surface area contributed by atoms with Crippen molar-refractivity contribution in [2.75, 3.05) is 0 Å². The summed E-state index contributed by atoms with van der Waals surface area (Å²) in [6, 6.07) is 1.78. The number of benzene rings is 1. The Morgan fingerprint density at radius 1 is 1.27 bits per heavy atom. The number of fused-ring (bicyclic) bond motifs is 3. The van der Waals surface area contributed by atoms with Crippen molar-refractivity contribution < 1.29 is 5.11 Å². The Hall–Kier alpha value is -1.64. The highest BCUT2D eigenvalue weighted by Gasteiger charge is 2.19. The number of nitrogens with zero attached hydrogens (tertiary/aromatic N) is 2. The van der Waals surface area contributed by atoms with Gasteiger partial charge in [-0.3, -0.25) is 0 Å². The molecule has 0 fully saturated rings. The molecule has 15 heavy (non-hydrogen) atoms. The molecule has 1 N–H and O–H groups in total. The molecule has 3 nitrogen and oxygen atoms in total. The lowest BCUT2D eigenvalue weighted by atomic mass is 10.1. The van der Waals surface area contributed by atoms with Crippen LogP contribution in [0.2, 0.25) is 0 Å². The number of hydrogen-bond acceptors (Lipinski definition) is 3. The fraction of sp³-hybridized carbons (Fsp3) is 0.333. The van der Waals surface area contributed by atoms with Crippen molar-refractivity contribution in [1.29, 1.82) is 0 Å². The highest BCUT2D eigenvalue weighted by atomic mass is 16.3. The van der Waals surface area contributed by atoms with Gasteiger partial charge < -0.3 is 5.11 Å². The van der Waals surface area contributed by atoms with E-state index in [4.69, 9.17) is 0 Å². The molecule has 1 aliphatic carbocycles. The van der Waals surface area contributed by atoms with Crippen LogP contribution in [0.25, 0.3) is 10.9 Å². The smallest absolute Gasteiger partial charge is 0.125 e. The standard InChI is InChI=1S/C12H12N2O/c1-7-13-6-8-5-11(15)9-3-2-4-10(9)12(8)14-7/h5-6,15H,2-4H2,1H3. The van der Waals surface area contributed by atoms with Crippen LogP contribution >= 0.6 is 0 Å². The van der Waals surface area contributed by atoms with Gasteiger partial charge in [0.2, 0.25) is 0 Å². The fourth-order valence-electron chi connectivity index (χ4n) is 2.35. The van der Waals surface area contributed by atoms with Crippen LogP contribution in [0, 0.1) is 6.92 Å². The zero-order valence-corrected chi connectivity index (χ0v) is 8.62. The molecular formula is C12H12N2O. The summed E-state index contributed by atoms with van der Waals surface area (Å²) in [6.45, 7) is 1.90. The Balaban J connectivity index is 2.44. The Morgan fingerprint density at radius 3 is 2.93 bits per heavy atom. The maximum absolute atomic E-state index is 9.84. The quantitative estimate of drug-likeness (QED) is 0.708. The van der Waals surface area contributed by atoms with Crippen molar-refractivity contribution in [2.45, 2.75) is 26.2 Å². The third-order valence-corrected chi connectivity index (χ3v) is 3.04. The molecule has 0 atom stereocenters. The van der Waals surface area contributed by atoms with Crippen molar-refractivity contribution in [3.63, 3.8) is 0 Å². The molecule has 0 bridgehead atoms. The van der Waals surface area contributed by atoms with E-state index in [2.05, 4.69) is 9.97 Å². The van der Waals surface area contributed by atoms with Gasteiger partial charge in [-0.2, -0.15) is 0 Å². The molecule has 76 valence electrons. The van der Waals surface area contributed by atoms with Crippen LogP contribution in [0.5, 0.6) is 5.75 Å². The molecule has 0 radical (unpaired) electrons. The first-order valence-corrected chi connectivity index (χ1v) is 5.23. The topological polar surface area (TPSA) is 46.0 Å². The summed E-state index contributed by atoms with van der Waals surface area (Å²) in [6.07, 6.45) is 4.90. The van der Waals surface area contributed by atoms with Crippen LogP contribution in [-0.4, -0.2) is 15.1 Å². The van der Waals surface area contributed by atoms with E-state index in [1.807, 2.05) is 6.92 Å². The third-order valence-electron chi connectivity index (χ3n) is 3.04. The van der Waals surface area contributed by atoms with Gasteiger partial charge in [0.1, 0.15) is 11.6 Å². The molecule has 2 aromatic rings. The number of hydrogen-bond donors (Lipinski definition) is 1. The Kier molecular flexibility index (Phi) is 1.69. The van der Waals surface area contributed by atoms with Crippen molar-refractivity contribution in [3.05, 3.63) is 29.2 Å². The zero-order valence-electron chi connectivity index (χ0n) is 8.62. The minimum atomic E-state index is 0.405. The minimum Gasteiger partial charge on any atom is -0.508 e. The first kappa shape index (κ1) is 8.65. The van der Waals surface area contributed by atoms with Gasteiger partial charge in [0.25, 0.3) is 0 Å². The van der Waals surface area contributed by atoms with Crippen LogP contribution in [0.3, 0.4) is 0 Å². The second-order valence-corrected chi connectivity index (χ2v) is 4.06. The van der Waals surface area contributed by atoms with E-state index < -0.39 is 0 Å². The van der Waals surface area contributed by atoms with E-state index in [0.29, 0.717) is 5.75 Å². The first-order valence-electron chi connectivity index (χ1n) is 5.23. The summed E-state index contributed by atoms with van der Waals surface area (Å²) in [4.78, 5) is 8.62. The lowest BCUT2D eigenvalue weighted by Gasteiger charge is -2.07. The average Bonchev–Trinajstić information content (AvgIpc) is 2.69. The highest BCUT2D eigenvalue weighted by molar-refractivity contribution is 5.85. The van der Waals surface area contributed by atoms with Gasteiger partial charge in [-0.15, -0.1) is 0 Å². The van der Waals surface area contributed by atoms with Gasteiger partial charge in [-0.05, 0) is 43.4 Å². The monoisotopic (exact) mass is 200 g/mol. The first-order chi connectivity index (χ1) is 7.25. The lowest BCUT2D eigenvalue weighted by molar-refractivity contribution is 0.470. The maximum atomic E-state index is 9.84. The average molecular weight is 200 g/mol. The Bertz CT molecular complexity index is 549. The predicted octanol–water partition coefficient (Wildman–Crippen LogP) is 2.13. The highest BCUT2D eigenvalue weighted by Crippen LogP contribution is 2.35.